The van der Waals surface area contributed by atoms with Crippen LogP contribution in [0.15, 0.2) is 23.5 Å². The van der Waals surface area contributed by atoms with Gasteiger partial charge in [0.25, 0.3) is 0 Å². The normalized spacial score (nSPS) is 17.9. The summed E-state index contributed by atoms with van der Waals surface area (Å²) >= 11 is 1.63. The molecule has 0 aliphatic carbocycles. The molecule has 0 saturated carbocycles. The highest BCUT2D eigenvalue weighted by Crippen LogP contribution is 2.13. The van der Waals surface area contributed by atoms with Crippen LogP contribution in [-0.4, -0.2) is 34.9 Å². The van der Waals surface area contributed by atoms with E-state index in [-0.39, 0.29) is 5.91 Å². The molecule has 1 aromatic heterocycles. The second-order valence-corrected chi connectivity index (χ2v) is 4.96. The monoisotopic (exact) mass is 251 g/mol. The highest BCUT2D eigenvalue weighted by Gasteiger charge is 2.20. The molecule has 1 aliphatic rings. The summed E-state index contributed by atoms with van der Waals surface area (Å²) in [4.78, 5) is 17.8. The number of hydrogen-bond acceptors (Lipinski definition) is 4. The molecule has 1 saturated heterocycles. The number of aromatic nitrogens is 1. The van der Waals surface area contributed by atoms with Gasteiger partial charge in [-0.1, -0.05) is 6.58 Å². The first-order valence-corrected chi connectivity index (χ1v) is 6.74. The van der Waals surface area contributed by atoms with Gasteiger partial charge in [-0.25, -0.2) is 4.98 Å². The summed E-state index contributed by atoms with van der Waals surface area (Å²) in [6.07, 6.45) is 3.34. The summed E-state index contributed by atoms with van der Waals surface area (Å²) in [6.45, 7) is 6.41. The molecule has 1 aliphatic heterocycles. The van der Waals surface area contributed by atoms with Crippen LogP contribution >= 0.6 is 11.3 Å². The highest BCUT2D eigenvalue weighted by atomic mass is 32.1. The number of thiazole rings is 1. The molecule has 92 valence electrons. The number of likely N-dealkylation sites (tertiary alicyclic amines) is 1. The molecule has 2 heterocycles. The molecule has 2 rings (SSSR count). The number of carbonyl (C=O) groups excluding carboxylic acids is 1. The molecule has 0 bridgehead atoms. The summed E-state index contributed by atoms with van der Waals surface area (Å²) in [5.41, 5.74) is 3.01. The Morgan fingerprint density at radius 3 is 3.00 bits per heavy atom. The lowest BCUT2D eigenvalue weighted by Gasteiger charge is -2.31. The van der Waals surface area contributed by atoms with Crippen molar-refractivity contribution < 1.29 is 4.79 Å². The number of amides is 1. The molecule has 1 N–H and O–H groups in total. The minimum absolute atomic E-state index is 0.0667. The molecule has 0 atom stereocenters. The van der Waals surface area contributed by atoms with E-state index in [0.717, 1.165) is 38.2 Å². The van der Waals surface area contributed by atoms with Crippen LogP contribution in [-0.2, 0) is 11.3 Å². The fourth-order valence-corrected chi connectivity index (χ4v) is 2.59. The van der Waals surface area contributed by atoms with Crippen LogP contribution in [0, 0.1) is 0 Å². The van der Waals surface area contributed by atoms with E-state index in [1.165, 1.54) is 6.08 Å². The second-order valence-electron chi connectivity index (χ2n) is 4.24. The van der Waals surface area contributed by atoms with Crippen LogP contribution in [0.1, 0.15) is 18.5 Å². The average Bonchev–Trinajstić information content (AvgIpc) is 2.84. The van der Waals surface area contributed by atoms with Crippen LogP contribution in [0.5, 0.6) is 0 Å². The molecule has 5 heteroatoms. The van der Waals surface area contributed by atoms with Gasteiger partial charge in [0.1, 0.15) is 0 Å². The molecule has 0 aromatic carbocycles. The molecular weight excluding hydrogens is 234 g/mol. The number of carbonyl (C=O) groups is 1. The van der Waals surface area contributed by atoms with Gasteiger partial charge in [0, 0.05) is 31.1 Å². The average molecular weight is 251 g/mol. The van der Waals surface area contributed by atoms with E-state index < -0.39 is 0 Å². The third-order valence-corrected chi connectivity index (χ3v) is 3.62. The minimum atomic E-state index is -0.0667. The van der Waals surface area contributed by atoms with Crippen molar-refractivity contribution in [2.24, 2.45) is 0 Å². The molecule has 0 radical (unpaired) electrons. The van der Waals surface area contributed by atoms with Gasteiger partial charge in [0.2, 0.25) is 5.91 Å². The predicted octanol–water partition coefficient (Wildman–Crippen LogP) is 1.41. The molecule has 0 unspecified atom stereocenters. The number of hydrogen-bond donors (Lipinski definition) is 1. The van der Waals surface area contributed by atoms with Gasteiger partial charge in [-0.2, -0.15) is 0 Å². The summed E-state index contributed by atoms with van der Waals surface area (Å²) in [5, 5.41) is 5.04. The largest absolute Gasteiger partial charge is 0.350 e. The Balaban J connectivity index is 1.74. The summed E-state index contributed by atoms with van der Waals surface area (Å²) in [7, 11) is 0. The SMILES string of the molecule is C=CC(=O)NC1CCN(Cc2cscn2)CC1. The summed E-state index contributed by atoms with van der Waals surface area (Å²) < 4.78 is 0. The van der Waals surface area contributed by atoms with Gasteiger partial charge in [-0.05, 0) is 18.9 Å². The number of rotatable bonds is 4. The number of piperidine rings is 1. The van der Waals surface area contributed by atoms with Crippen LogP contribution < -0.4 is 5.32 Å². The van der Waals surface area contributed by atoms with Gasteiger partial charge in [0.05, 0.1) is 11.2 Å². The molecule has 4 nitrogen and oxygen atoms in total. The smallest absolute Gasteiger partial charge is 0.243 e. The van der Waals surface area contributed by atoms with Crippen LogP contribution in [0.3, 0.4) is 0 Å². The van der Waals surface area contributed by atoms with Crippen molar-refractivity contribution in [2.45, 2.75) is 25.4 Å². The number of nitrogens with one attached hydrogen (secondary N) is 1. The lowest BCUT2D eigenvalue weighted by atomic mass is 10.0. The predicted molar refractivity (Wildman–Crippen MR) is 68.8 cm³/mol. The van der Waals surface area contributed by atoms with Crippen molar-refractivity contribution >= 4 is 17.2 Å². The van der Waals surface area contributed by atoms with Crippen LogP contribution in [0.2, 0.25) is 0 Å². The van der Waals surface area contributed by atoms with E-state index in [4.69, 9.17) is 0 Å². The summed E-state index contributed by atoms with van der Waals surface area (Å²) in [5.74, 6) is -0.0667. The van der Waals surface area contributed by atoms with E-state index in [1.807, 2.05) is 5.51 Å². The molecule has 1 aromatic rings. The van der Waals surface area contributed by atoms with Gasteiger partial charge in [-0.15, -0.1) is 11.3 Å². The summed E-state index contributed by atoms with van der Waals surface area (Å²) in [6, 6.07) is 0.298. The maximum atomic E-state index is 11.2. The standard InChI is InChI=1S/C12H17N3OS/c1-2-12(16)14-10-3-5-15(6-4-10)7-11-8-17-9-13-11/h2,8-10H,1,3-7H2,(H,14,16). The molecular formula is C12H17N3OS. The van der Waals surface area contributed by atoms with E-state index in [0.29, 0.717) is 6.04 Å². The van der Waals surface area contributed by atoms with Crippen LogP contribution in [0.25, 0.3) is 0 Å². The lowest BCUT2D eigenvalue weighted by Crippen LogP contribution is -2.43. The Morgan fingerprint density at radius 2 is 2.41 bits per heavy atom. The van der Waals surface area contributed by atoms with E-state index in [9.17, 15) is 4.79 Å². The van der Waals surface area contributed by atoms with Crippen molar-refractivity contribution in [1.82, 2.24) is 15.2 Å². The molecule has 1 amide bonds. The fraction of sp³-hybridized carbons (Fsp3) is 0.500. The van der Waals surface area contributed by atoms with Gasteiger partial charge < -0.3 is 5.32 Å². The van der Waals surface area contributed by atoms with Crippen LogP contribution in [0.4, 0.5) is 0 Å². The van der Waals surface area contributed by atoms with Gasteiger partial charge in [0.15, 0.2) is 0 Å². The lowest BCUT2D eigenvalue weighted by molar-refractivity contribution is -0.117. The van der Waals surface area contributed by atoms with Crippen molar-refractivity contribution in [3.05, 3.63) is 29.2 Å². The van der Waals surface area contributed by atoms with Gasteiger partial charge in [-0.3, -0.25) is 9.69 Å². The zero-order valence-electron chi connectivity index (χ0n) is 9.76. The Bertz CT molecular complexity index is 369. The highest BCUT2D eigenvalue weighted by molar-refractivity contribution is 7.07. The minimum Gasteiger partial charge on any atom is -0.350 e. The molecule has 17 heavy (non-hydrogen) atoms. The first-order valence-electron chi connectivity index (χ1n) is 5.80. The second kappa shape index (κ2) is 5.93. The van der Waals surface area contributed by atoms with Crippen molar-refractivity contribution in [3.8, 4) is 0 Å². The molecule has 0 spiro atoms. The van der Waals surface area contributed by atoms with Crippen molar-refractivity contribution in [1.29, 1.82) is 0 Å². The third kappa shape index (κ3) is 3.64. The van der Waals surface area contributed by atoms with Gasteiger partial charge >= 0.3 is 0 Å². The third-order valence-electron chi connectivity index (χ3n) is 2.99. The van der Waals surface area contributed by atoms with Crippen molar-refractivity contribution in [3.63, 3.8) is 0 Å². The topological polar surface area (TPSA) is 45.2 Å². The first-order chi connectivity index (χ1) is 8.28. The Kier molecular flexibility index (Phi) is 4.28. The Labute approximate surface area is 105 Å². The maximum Gasteiger partial charge on any atom is 0.243 e. The molecule has 1 fully saturated rings. The van der Waals surface area contributed by atoms with Crippen molar-refractivity contribution in [2.75, 3.05) is 13.1 Å². The fourth-order valence-electron chi connectivity index (χ4n) is 2.04. The number of nitrogens with zero attached hydrogens (tertiary/aromatic N) is 2. The van der Waals surface area contributed by atoms with E-state index in [1.54, 1.807) is 11.3 Å². The van der Waals surface area contributed by atoms with E-state index >= 15 is 0 Å². The Hall–Kier alpha value is -1.20. The first kappa shape index (κ1) is 12.3. The maximum absolute atomic E-state index is 11.2. The Morgan fingerprint density at radius 1 is 1.65 bits per heavy atom. The van der Waals surface area contributed by atoms with E-state index in [2.05, 4.69) is 27.2 Å². The zero-order chi connectivity index (χ0) is 12.1. The zero-order valence-corrected chi connectivity index (χ0v) is 10.6. The quantitative estimate of drug-likeness (QED) is 0.823.